The molecule has 0 saturated carbocycles. The van der Waals surface area contributed by atoms with Gasteiger partial charge in [-0.1, -0.05) is 46.3 Å². The highest BCUT2D eigenvalue weighted by atomic mass is 79.9. The average molecular weight is 399 g/mol. The van der Waals surface area contributed by atoms with Crippen molar-refractivity contribution in [2.75, 3.05) is 0 Å². The second-order valence-corrected chi connectivity index (χ2v) is 6.19. The van der Waals surface area contributed by atoms with Crippen LogP contribution in [0.4, 0.5) is 0 Å². The Kier molecular flexibility index (Phi) is 5.40. The fourth-order valence-corrected chi connectivity index (χ4v) is 2.74. The zero-order valence-corrected chi connectivity index (χ0v) is 15.1. The summed E-state index contributed by atoms with van der Waals surface area (Å²) < 4.78 is 11.5. The number of aryl methyl sites for hydroxylation is 1. The zero-order valence-electron chi connectivity index (χ0n) is 13.5. The quantitative estimate of drug-likeness (QED) is 0.465. The van der Waals surface area contributed by atoms with E-state index in [9.17, 15) is 4.79 Å². The van der Waals surface area contributed by atoms with Crippen LogP contribution in [0.25, 0.3) is 17.5 Å². The first kappa shape index (κ1) is 17.1. The lowest BCUT2D eigenvalue weighted by molar-refractivity contribution is -0.139. The summed E-state index contributed by atoms with van der Waals surface area (Å²) in [5.74, 6) is 0.162. The number of esters is 1. The van der Waals surface area contributed by atoms with Gasteiger partial charge in [-0.2, -0.15) is 0 Å². The van der Waals surface area contributed by atoms with E-state index in [2.05, 4.69) is 26.1 Å². The molecular weight excluding hydrogens is 384 g/mol. The van der Waals surface area contributed by atoms with Gasteiger partial charge in [0.2, 0.25) is 5.89 Å². The van der Waals surface area contributed by atoms with E-state index in [0.717, 1.165) is 21.2 Å². The Morgan fingerprint density at radius 2 is 2.00 bits per heavy atom. The summed E-state index contributed by atoms with van der Waals surface area (Å²) in [6, 6.07) is 15.3. The van der Waals surface area contributed by atoms with Crippen LogP contribution in [0.5, 0.6) is 0 Å². The third-order valence-electron chi connectivity index (χ3n) is 3.38. The maximum absolute atomic E-state index is 11.8. The van der Waals surface area contributed by atoms with Gasteiger partial charge in [0, 0.05) is 16.1 Å². The number of halogens is 1. The molecule has 0 amide bonds. The molecule has 0 aliphatic rings. The van der Waals surface area contributed by atoms with Crippen LogP contribution in [-0.2, 0) is 16.1 Å². The summed E-state index contributed by atoms with van der Waals surface area (Å²) >= 11 is 3.46. The lowest BCUT2D eigenvalue weighted by atomic mass is 10.1. The predicted octanol–water partition coefficient (Wildman–Crippen LogP) is 4.56. The highest BCUT2D eigenvalue weighted by molar-refractivity contribution is 9.10. The Balaban J connectivity index is 1.57. The van der Waals surface area contributed by atoms with Gasteiger partial charge in [0.15, 0.2) is 6.61 Å². The van der Waals surface area contributed by atoms with Crippen molar-refractivity contribution >= 4 is 28.0 Å². The summed E-state index contributed by atoms with van der Waals surface area (Å²) in [5, 5.41) is 7.83. The van der Waals surface area contributed by atoms with Crippen LogP contribution >= 0.6 is 15.9 Å². The van der Waals surface area contributed by atoms with Crippen molar-refractivity contribution in [1.82, 2.24) is 10.2 Å². The maximum Gasteiger partial charge on any atom is 0.331 e. The van der Waals surface area contributed by atoms with E-state index in [1.165, 1.54) is 6.08 Å². The van der Waals surface area contributed by atoms with Gasteiger partial charge in [-0.05, 0) is 42.3 Å². The molecule has 2 aromatic carbocycles. The van der Waals surface area contributed by atoms with Gasteiger partial charge in [0.05, 0.1) is 0 Å². The molecule has 3 rings (SSSR count). The van der Waals surface area contributed by atoms with Crippen LogP contribution in [0.2, 0.25) is 0 Å². The number of carbonyl (C=O) groups is 1. The molecule has 1 heterocycles. The molecule has 3 aromatic rings. The Morgan fingerprint density at radius 3 is 2.76 bits per heavy atom. The van der Waals surface area contributed by atoms with E-state index >= 15 is 0 Å². The van der Waals surface area contributed by atoms with Crippen molar-refractivity contribution in [2.45, 2.75) is 13.5 Å². The molecule has 0 N–H and O–H groups in total. The second-order valence-electron chi connectivity index (χ2n) is 5.33. The standard InChI is InChI=1S/C19H15BrN2O3/c1-13-7-8-14(16(20)11-13)9-10-18(23)24-12-17-21-22-19(25-17)15-5-3-2-4-6-15/h2-11H,12H2,1H3/b10-9+. The lowest BCUT2D eigenvalue weighted by Crippen LogP contribution is -2.01. The van der Waals surface area contributed by atoms with E-state index in [1.54, 1.807) is 6.08 Å². The molecule has 126 valence electrons. The number of nitrogens with zero attached hydrogens (tertiary/aromatic N) is 2. The van der Waals surface area contributed by atoms with E-state index in [0.29, 0.717) is 5.89 Å². The van der Waals surface area contributed by atoms with Gasteiger partial charge in [0.1, 0.15) is 0 Å². The molecular formula is C19H15BrN2O3. The number of carbonyl (C=O) groups excluding carboxylic acids is 1. The summed E-state index contributed by atoms with van der Waals surface area (Å²) in [6.45, 7) is 1.93. The zero-order chi connectivity index (χ0) is 17.6. The third-order valence-corrected chi connectivity index (χ3v) is 4.07. The minimum absolute atomic E-state index is 0.0714. The fourth-order valence-electron chi connectivity index (χ4n) is 2.12. The molecule has 0 atom stereocenters. The van der Waals surface area contributed by atoms with Crippen LogP contribution in [0.15, 0.2) is 63.5 Å². The van der Waals surface area contributed by atoms with Crippen molar-refractivity contribution in [2.24, 2.45) is 0 Å². The van der Waals surface area contributed by atoms with Crippen LogP contribution in [-0.4, -0.2) is 16.2 Å². The molecule has 0 spiro atoms. The number of rotatable bonds is 5. The Bertz CT molecular complexity index is 904. The van der Waals surface area contributed by atoms with Crippen LogP contribution in [0, 0.1) is 6.92 Å². The molecule has 0 radical (unpaired) electrons. The predicted molar refractivity (Wildman–Crippen MR) is 97.4 cm³/mol. The average Bonchev–Trinajstić information content (AvgIpc) is 3.09. The normalized spacial score (nSPS) is 11.0. The van der Waals surface area contributed by atoms with Crippen LogP contribution in [0.3, 0.4) is 0 Å². The van der Waals surface area contributed by atoms with E-state index in [1.807, 2.05) is 55.5 Å². The molecule has 0 aliphatic heterocycles. The summed E-state index contributed by atoms with van der Waals surface area (Å²) in [4.78, 5) is 11.8. The van der Waals surface area contributed by atoms with Gasteiger partial charge in [-0.15, -0.1) is 10.2 Å². The van der Waals surface area contributed by atoms with Crippen molar-refractivity contribution in [3.8, 4) is 11.5 Å². The first-order valence-electron chi connectivity index (χ1n) is 7.60. The summed E-state index contributed by atoms with van der Waals surface area (Å²) in [7, 11) is 0. The molecule has 6 heteroatoms. The highest BCUT2D eigenvalue weighted by Gasteiger charge is 2.09. The number of hydrogen-bond donors (Lipinski definition) is 0. The lowest BCUT2D eigenvalue weighted by Gasteiger charge is -2.00. The van der Waals surface area contributed by atoms with E-state index in [4.69, 9.17) is 9.15 Å². The van der Waals surface area contributed by atoms with Crippen molar-refractivity contribution in [3.05, 3.63) is 76.1 Å². The van der Waals surface area contributed by atoms with Crippen molar-refractivity contribution < 1.29 is 13.9 Å². The number of benzene rings is 2. The van der Waals surface area contributed by atoms with Crippen molar-refractivity contribution in [3.63, 3.8) is 0 Å². The number of hydrogen-bond acceptors (Lipinski definition) is 5. The molecule has 1 aromatic heterocycles. The Morgan fingerprint density at radius 1 is 1.20 bits per heavy atom. The largest absolute Gasteiger partial charge is 0.452 e. The topological polar surface area (TPSA) is 65.2 Å². The minimum atomic E-state index is -0.480. The Hall–Kier alpha value is -2.73. The minimum Gasteiger partial charge on any atom is -0.452 e. The molecule has 0 fully saturated rings. The molecule has 5 nitrogen and oxygen atoms in total. The van der Waals surface area contributed by atoms with E-state index < -0.39 is 5.97 Å². The fraction of sp³-hybridized carbons (Fsp3) is 0.105. The van der Waals surface area contributed by atoms with Crippen molar-refractivity contribution in [1.29, 1.82) is 0 Å². The Labute approximate surface area is 153 Å². The number of aromatic nitrogens is 2. The number of ether oxygens (including phenoxy) is 1. The summed E-state index contributed by atoms with van der Waals surface area (Å²) in [5.41, 5.74) is 2.85. The second kappa shape index (κ2) is 7.90. The SMILES string of the molecule is Cc1ccc(/C=C/C(=O)OCc2nnc(-c3ccccc3)o2)c(Br)c1. The molecule has 0 saturated heterocycles. The van der Waals surface area contributed by atoms with Gasteiger partial charge in [-0.3, -0.25) is 0 Å². The van der Waals surface area contributed by atoms with Gasteiger partial charge in [-0.25, -0.2) is 4.79 Å². The van der Waals surface area contributed by atoms with E-state index in [-0.39, 0.29) is 12.5 Å². The first-order chi connectivity index (χ1) is 12.1. The maximum atomic E-state index is 11.8. The highest BCUT2D eigenvalue weighted by Crippen LogP contribution is 2.20. The van der Waals surface area contributed by atoms with Crippen LogP contribution < -0.4 is 0 Å². The smallest absolute Gasteiger partial charge is 0.331 e. The summed E-state index contributed by atoms with van der Waals surface area (Å²) in [6.07, 6.45) is 3.05. The third kappa shape index (κ3) is 4.64. The van der Waals surface area contributed by atoms with Gasteiger partial charge in [0.25, 0.3) is 5.89 Å². The molecule has 0 unspecified atom stereocenters. The first-order valence-corrected chi connectivity index (χ1v) is 8.40. The van der Waals surface area contributed by atoms with Crippen LogP contribution in [0.1, 0.15) is 17.0 Å². The molecule has 25 heavy (non-hydrogen) atoms. The van der Waals surface area contributed by atoms with Gasteiger partial charge >= 0.3 is 5.97 Å². The molecule has 0 aliphatic carbocycles. The monoisotopic (exact) mass is 398 g/mol. The molecule has 0 bridgehead atoms. The van der Waals surface area contributed by atoms with Gasteiger partial charge < -0.3 is 9.15 Å².